The molecule has 2 saturated heterocycles. The summed E-state index contributed by atoms with van der Waals surface area (Å²) in [4.78, 5) is 2.63. The Balaban J connectivity index is 1.93. The molecule has 0 aromatic carbocycles. The maximum absolute atomic E-state index is 3.70. The maximum Gasteiger partial charge on any atom is 0.0110 e. The number of rotatable bonds is 2. The van der Waals surface area contributed by atoms with Gasteiger partial charge in [-0.1, -0.05) is 20.3 Å². The molecule has 82 valence electrons. The molecule has 0 radical (unpaired) electrons. The quantitative estimate of drug-likeness (QED) is 0.726. The average Bonchev–Trinajstić information content (AvgIpc) is 2.05. The van der Waals surface area contributed by atoms with Crippen LogP contribution in [0.2, 0.25) is 0 Å². The summed E-state index contributed by atoms with van der Waals surface area (Å²) in [6, 6.07) is 3.14. The minimum absolute atomic E-state index is 0.643. The van der Waals surface area contributed by atoms with Gasteiger partial charge in [-0.2, -0.15) is 0 Å². The smallest absolute Gasteiger partial charge is 0.0110 e. The van der Waals surface area contributed by atoms with Crippen molar-refractivity contribution in [1.82, 2.24) is 10.2 Å². The first-order chi connectivity index (χ1) is 6.66. The molecular formula is C12H24N2. The monoisotopic (exact) mass is 196 g/mol. The molecule has 0 amide bonds. The molecule has 2 heteroatoms. The molecule has 2 nitrogen and oxygen atoms in total. The summed E-state index contributed by atoms with van der Waals surface area (Å²) in [5, 5.41) is 3.70. The molecule has 2 bridgehead atoms. The zero-order valence-electron chi connectivity index (χ0n) is 9.79. The van der Waals surface area contributed by atoms with Gasteiger partial charge in [0.1, 0.15) is 0 Å². The van der Waals surface area contributed by atoms with E-state index in [-0.39, 0.29) is 0 Å². The summed E-state index contributed by atoms with van der Waals surface area (Å²) in [6.07, 6.45) is 7.02. The van der Waals surface area contributed by atoms with Crippen molar-refractivity contribution in [2.45, 2.75) is 70.1 Å². The molecule has 2 aliphatic heterocycles. The van der Waals surface area contributed by atoms with Crippen LogP contribution >= 0.6 is 0 Å². The van der Waals surface area contributed by atoms with E-state index in [1.54, 1.807) is 0 Å². The SMILES string of the molecule is CC(C)NC1C[C@@H]2CCC[C@@H](C1)N2C. The third-order valence-corrected chi connectivity index (χ3v) is 3.91. The van der Waals surface area contributed by atoms with Gasteiger partial charge in [0, 0.05) is 24.2 Å². The summed E-state index contributed by atoms with van der Waals surface area (Å²) < 4.78 is 0. The number of fused-ring (bicyclic) bond motifs is 2. The molecule has 14 heavy (non-hydrogen) atoms. The van der Waals surface area contributed by atoms with Crippen LogP contribution in [0.15, 0.2) is 0 Å². The molecule has 0 unspecified atom stereocenters. The topological polar surface area (TPSA) is 15.3 Å². The van der Waals surface area contributed by atoms with Crippen LogP contribution in [0, 0.1) is 0 Å². The fourth-order valence-electron chi connectivity index (χ4n) is 3.22. The Hall–Kier alpha value is -0.0800. The molecule has 0 aromatic rings. The van der Waals surface area contributed by atoms with Crippen molar-refractivity contribution in [2.24, 2.45) is 0 Å². The van der Waals surface area contributed by atoms with E-state index in [2.05, 4.69) is 31.1 Å². The molecule has 2 rings (SSSR count). The van der Waals surface area contributed by atoms with Gasteiger partial charge in [0.15, 0.2) is 0 Å². The van der Waals surface area contributed by atoms with Crippen molar-refractivity contribution < 1.29 is 0 Å². The highest BCUT2D eigenvalue weighted by molar-refractivity contribution is 4.93. The van der Waals surface area contributed by atoms with Gasteiger partial charge in [-0.3, -0.25) is 0 Å². The summed E-state index contributed by atoms with van der Waals surface area (Å²) in [6.45, 7) is 4.52. The van der Waals surface area contributed by atoms with Crippen molar-refractivity contribution in [1.29, 1.82) is 0 Å². The molecule has 0 spiro atoms. The maximum atomic E-state index is 3.70. The van der Waals surface area contributed by atoms with Crippen molar-refractivity contribution in [2.75, 3.05) is 7.05 Å². The highest BCUT2D eigenvalue weighted by Crippen LogP contribution is 2.32. The van der Waals surface area contributed by atoms with E-state index < -0.39 is 0 Å². The largest absolute Gasteiger partial charge is 0.312 e. The van der Waals surface area contributed by atoms with Gasteiger partial charge < -0.3 is 10.2 Å². The van der Waals surface area contributed by atoms with Gasteiger partial charge in [-0.05, 0) is 32.7 Å². The Labute approximate surface area is 88.1 Å². The van der Waals surface area contributed by atoms with E-state index in [1.807, 2.05) is 0 Å². The molecule has 2 aliphatic rings. The number of hydrogen-bond donors (Lipinski definition) is 1. The van der Waals surface area contributed by atoms with Gasteiger partial charge in [0.2, 0.25) is 0 Å². The lowest BCUT2D eigenvalue weighted by atomic mass is 9.82. The number of hydrogen-bond acceptors (Lipinski definition) is 2. The Kier molecular flexibility index (Phi) is 3.13. The lowest BCUT2D eigenvalue weighted by molar-refractivity contribution is 0.0468. The van der Waals surface area contributed by atoms with Crippen molar-refractivity contribution >= 4 is 0 Å². The van der Waals surface area contributed by atoms with Crippen LogP contribution in [0.1, 0.15) is 46.0 Å². The van der Waals surface area contributed by atoms with Gasteiger partial charge in [-0.25, -0.2) is 0 Å². The molecule has 0 saturated carbocycles. The van der Waals surface area contributed by atoms with Crippen LogP contribution in [-0.4, -0.2) is 36.1 Å². The van der Waals surface area contributed by atoms with E-state index in [1.165, 1.54) is 32.1 Å². The third kappa shape index (κ3) is 2.12. The summed E-state index contributed by atoms with van der Waals surface area (Å²) in [7, 11) is 2.32. The third-order valence-electron chi connectivity index (χ3n) is 3.91. The number of nitrogens with zero attached hydrogens (tertiary/aromatic N) is 1. The fraction of sp³-hybridized carbons (Fsp3) is 1.00. The number of nitrogens with one attached hydrogen (secondary N) is 1. The van der Waals surface area contributed by atoms with Crippen LogP contribution in [0.5, 0.6) is 0 Å². The summed E-state index contributed by atoms with van der Waals surface area (Å²) in [5.74, 6) is 0. The minimum atomic E-state index is 0.643. The second kappa shape index (κ2) is 4.19. The first kappa shape index (κ1) is 10.4. The standard InChI is InChI=1S/C12H24N2/c1-9(2)13-10-7-11-5-4-6-12(8-10)14(11)3/h9-13H,4-8H2,1-3H3/t11-,12-/m0/s1. The predicted octanol–water partition coefficient (Wildman–Crippen LogP) is 2.00. The highest BCUT2D eigenvalue weighted by Gasteiger charge is 2.35. The van der Waals surface area contributed by atoms with E-state index >= 15 is 0 Å². The Bertz CT molecular complexity index is 177. The zero-order valence-corrected chi connectivity index (χ0v) is 9.79. The van der Waals surface area contributed by atoms with Crippen LogP contribution in [0.25, 0.3) is 0 Å². The fourth-order valence-corrected chi connectivity index (χ4v) is 3.22. The van der Waals surface area contributed by atoms with Gasteiger partial charge in [-0.15, -0.1) is 0 Å². The lowest BCUT2D eigenvalue weighted by Gasteiger charge is -2.47. The Morgan fingerprint density at radius 1 is 1.14 bits per heavy atom. The molecule has 1 N–H and O–H groups in total. The van der Waals surface area contributed by atoms with Crippen LogP contribution in [0.4, 0.5) is 0 Å². The van der Waals surface area contributed by atoms with Gasteiger partial charge in [0.25, 0.3) is 0 Å². The molecule has 2 heterocycles. The minimum Gasteiger partial charge on any atom is -0.312 e. The Morgan fingerprint density at radius 3 is 2.21 bits per heavy atom. The lowest BCUT2D eigenvalue weighted by Crippen LogP contribution is -2.55. The Morgan fingerprint density at radius 2 is 1.71 bits per heavy atom. The summed E-state index contributed by atoms with van der Waals surface area (Å²) in [5.41, 5.74) is 0. The predicted molar refractivity (Wildman–Crippen MR) is 60.5 cm³/mol. The van der Waals surface area contributed by atoms with E-state index in [0.29, 0.717) is 6.04 Å². The van der Waals surface area contributed by atoms with Gasteiger partial charge in [0.05, 0.1) is 0 Å². The van der Waals surface area contributed by atoms with Crippen molar-refractivity contribution in [3.05, 3.63) is 0 Å². The normalized spacial score (nSPS) is 39.0. The highest BCUT2D eigenvalue weighted by atomic mass is 15.2. The first-order valence-corrected chi connectivity index (χ1v) is 6.15. The van der Waals surface area contributed by atoms with Crippen LogP contribution in [-0.2, 0) is 0 Å². The average molecular weight is 196 g/mol. The van der Waals surface area contributed by atoms with E-state index in [0.717, 1.165) is 18.1 Å². The van der Waals surface area contributed by atoms with Crippen LogP contribution < -0.4 is 5.32 Å². The molecule has 0 aliphatic carbocycles. The van der Waals surface area contributed by atoms with E-state index in [9.17, 15) is 0 Å². The number of piperidine rings is 2. The molecule has 0 aromatic heterocycles. The van der Waals surface area contributed by atoms with Crippen LogP contribution in [0.3, 0.4) is 0 Å². The second-order valence-corrected chi connectivity index (χ2v) is 5.39. The van der Waals surface area contributed by atoms with E-state index in [4.69, 9.17) is 0 Å². The molecule has 2 atom stereocenters. The zero-order chi connectivity index (χ0) is 10.1. The van der Waals surface area contributed by atoms with Crippen molar-refractivity contribution in [3.63, 3.8) is 0 Å². The van der Waals surface area contributed by atoms with Gasteiger partial charge >= 0.3 is 0 Å². The summed E-state index contributed by atoms with van der Waals surface area (Å²) >= 11 is 0. The first-order valence-electron chi connectivity index (χ1n) is 6.15. The second-order valence-electron chi connectivity index (χ2n) is 5.39. The van der Waals surface area contributed by atoms with Crippen molar-refractivity contribution in [3.8, 4) is 0 Å². The molecule has 2 fully saturated rings. The molecular weight excluding hydrogens is 172 g/mol.